The monoisotopic (exact) mass is 419 g/mol. The molecule has 114 valence electrons. The van der Waals surface area contributed by atoms with Crippen molar-refractivity contribution in [2.45, 2.75) is 32.4 Å². The van der Waals surface area contributed by atoms with Gasteiger partial charge in [0.2, 0.25) is 0 Å². The highest BCUT2D eigenvalue weighted by molar-refractivity contribution is 14.1. The number of nitro groups is 1. The van der Waals surface area contributed by atoms with E-state index in [2.05, 4.69) is 47.3 Å². The molecular weight excluding hydrogens is 401 g/mol. The van der Waals surface area contributed by atoms with Crippen LogP contribution in [0.5, 0.6) is 0 Å². The van der Waals surface area contributed by atoms with Crippen molar-refractivity contribution in [3.05, 3.63) is 32.0 Å². The van der Waals surface area contributed by atoms with Crippen LogP contribution in [0.2, 0.25) is 25.7 Å². The van der Waals surface area contributed by atoms with Crippen LogP contribution in [0.1, 0.15) is 0 Å². The van der Waals surface area contributed by atoms with Gasteiger partial charge in [-0.15, -0.1) is 0 Å². The Morgan fingerprint density at radius 3 is 2.76 bits per heavy atom. The van der Waals surface area contributed by atoms with Crippen molar-refractivity contribution >= 4 is 47.3 Å². The molecular formula is C13H18IN3O3Si. The summed E-state index contributed by atoms with van der Waals surface area (Å²) < 4.78 is 8.19. The highest BCUT2D eigenvalue weighted by Gasteiger charge is 2.15. The summed E-state index contributed by atoms with van der Waals surface area (Å²) in [5.41, 5.74) is 0.809. The van der Waals surface area contributed by atoms with E-state index in [0.29, 0.717) is 13.3 Å². The van der Waals surface area contributed by atoms with Crippen LogP contribution in [0.25, 0.3) is 10.9 Å². The summed E-state index contributed by atoms with van der Waals surface area (Å²) >= 11 is 2.13. The first-order chi connectivity index (χ1) is 9.78. The summed E-state index contributed by atoms with van der Waals surface area (Å²) in [6.45, 7) is 7.91. The smallest absolute Gasteiger partial charge is 0.271 e. The standard InChI is InChI=1S/C13H18IN3O3Si/c1-21(2,3)7-6-20-9-16-12-8-10(17(18)19)4-5-11(12)13(14)15-16/h4-5,8H,6-7,9H2,1-3H3. The molecule has 2 aromatic rings. The van der Waals surface area contributed by atoms with Crippen LogP contribution < -0.4 is 0 Å². The van der Waals surface area contributed by atoms with Gasteiger partial charge in [-0.3, -0.25) is 10.1 Å². The molecule has 8 heteroatoms. The Balaban J connectivity index is 2.15. The van der Waals surface area contributed by atoms with Crippen molar-refractivity contribution < 1.29 is 9.66 Å². The fraction of sp³-hybridized carbons (Fsp3) is 0.462. The molecule has 0 N–H and O–H groups in total. The SMILES string of the molecule is C[Si](C)(C)CCOCn1nc(I)c2ccc([N+](=O)[O-])cc21. The lowest BCUT2D eigenvalue weighted by atomic mass is 10.2. The first kappa shape index (κ1) is 16.4. The van der Waals surface area contributed by atoms with Crippen LogP contribution >= 0.6 is 22.6 Å². The van der Waals surface area contributed by atoms with Gasteiger partial charge in [0.1, 0.15) is 10.4 Å². The number of halogens is 1. The van der Waals surface area contributed by atoms with Crippen LogP contribution in [-0.2, 0) is 11.5 Å². The molecule has 0 fully saturated rings. The molecule has 0 amide bonds. The maximum absolute atomic E-state index is 10.9. The number of hydrogen-bond acceptors (Lipinski definition) is 4. The zero-order chi connectivity index (χ0) is 15.6. The molecule has 0 radical (unpaired) electrons. The van der Waals surface area contributed by atoms with Gasteiger partial charge in [0, 0.05) is 32.2 Å². The van der Waals surface area contributed by atoms with Gasteiger partial charge < -0.3 is 4.74 Å². The molecule has 0 unspecified atom stereocenters. The van der Waals surface area contributed by atoms with E-state index in [-0.39, 0.29) is 5.69 Å². The molecule has 0 spiro atoms. The van der Waals surface area contributed by atoms with E-state index >= 15 is 0 Å². The van der Waals surface area contributed by atoms with Crippen LogP contribution in [0, 0.1) is 13.8 Å². The summed E-state index contributed by atoms with van der Waals surface area (Å²) in [5.74, 6) is 0. The molecule has 0 atom stereocenters. The lowest BCUT2D eigenvalue weighted by molar-refractivity contribution is -0.384. The maximum Gasteiger partial charge on any atom is 0.271 e. The molecule has 1 aromatic carbocycles. The van der Waals surface area contributed by atoms with Gasteiger partial charge in [-0.25, -0.2) is 4.68 Å². The normalized spacial score (nSPS) is 12.0. The number of benzene rings is 1. The molecule has 0 saturated carbocycles. The van der Waals surface area contributed by atoms with E-state index < -0.39 is 13.0 Å². The van der Waals surface area contributed by atoms with Gasteiger partial charge >= 0.3 is 0 Å². The predicted octanol–water partition coefficient (Wildman–Crippen LogP) is 3.86. The van der Waals surface area contributed by atoms with Crippen LogP contribution in [0.3, 0.4) is 0 Å². The Hall–Kier alpha value is -1.00. The second kappa shape index (κ2) is 6.40. The van der Waals surface area contributed by atoms with Gasteiger partial charge in [-0.1, -0.05) is 19.6 Å². The number of aromatic nitrogens is 2. The quantitative estimate of drug-likeness (QED) is 0.234. The maximum atomic E-state index is 10.9. The topological polar surface area (TPSA) is 70.2 Å². The molecule has 1 aromatic heterocycles. The Kier molecular flexibility index (Phi) is 4.99. The van der Waals surface area contributed by atoms with Crippen molar-refractivity contribution in [3.63, 3.8) is 0 Å². The van der Waals surface area contributed by atoms with E-state index in [9.17, 15) is 10.1 Å². The number of fused-ring (bicyclic) bond motifs is 1. The lowest BCUT2D eigenvalue weighted by Gasteiger charge is -2.15. The average Bonchev–Trinajstić information content (AvgIpc) is 2.70. The van der Waals surface area contributed by atoms with E-state index in [4.69, 9.17) is 4.74 Å². The third-order valence-electron chi connectivity index (χ3n) is 3.11. The number of hydrogen-bond donors (Lipinski definition) is 0. The minimum Gasteiger partial charge on any atom is -0.360 e. The fourth-order valence-corrected chi connectivity index (χ4v) is 3.34. The first-order valence-corrected chi connectivity index (χ1v) is 11.4. The average molecular weight is 419 g/mol. The molecule has 0 aliphatic heterocycles. The molecule has 0 aliphatic carbocycles. The summed E-state index contributed by atoms with van der Waals surface area (Å²) in [4.78, 5) is 10.5. The number of nitrogens with zero attached hydrogens (tertiary/aromatic N) is 3. The zero-order valence-corrected chi connectivity index (χ0v) is 15.5. The molecule has 6 nitrogen and oxygen atoms in total. The van der Waals surface area contributed by atoms with Gasteiger partial charge in [0.25, 0.3) is 5.69 Å². The summed E-state index contributed by atoms with van der Waals surface area (Å²) in [7, 11) is -1.11. The number of rotatable bonds is 6. The minimum atomic E-state index is -1.11. The number of non-ortho nitro benzene ring substituents is 1. The van der Waals surface area contributed by atoms with Crippen LogP contribution in [0.15, 0.2) is 18.2 Å². The zero-order valence-electron chi connectivity index (χ0n) is 12.3. The molecule has 1 heterocycles. The molecule has 2 rings (SSSR count). The third-order valence-corrected chi connectivity index (χ3v) is 5.61. The second-order valence-corrected chi connectivity index (χ2v) is 12.7. The Bertz CT molecular complexity index is 666. The van der Waals surface area contributed by atoms with Crippen LogP contribution in [0.4, 0.5) is 5.69 Å². The highest BCUT2D eigenvalue weighted by Crippen LogP contribution is 2.25. The van der Waals surface area contributed by atoms with Crippen LogP contribution in [-0.4, -0.2) is 29.4 Å². The van der Waals surface area contributed by atoms with Crippen molar-refractivity contribution in [3.8, 4) is 0 Å². The van der Waals surface area contributed by atoms with Gasteiger partial charge in [0.15, 0.2) is 0 Å². The molecule has 0 aliphatic rings. The third kappa shape index (κ3) is 4.24. The summed E-state index contributed by atoms with van der Waals surface area (Å²) in [5, 5.41) is 16.2. The molecule has 0 bridgehead atoms. The van der Waals surface area contributed by atoms with Crippen molar-refractivity contribution in [1.82, 2.24) is 9.78 Å². The summed E-state index contributed by atoms with van der Waals surface area (Å²) in [6, 6.07) is 5.87. The van der Waals surface area contributed by atoms with E-state index in [1.165, 1.54) is 6.07 Å². The summed E-state index contributed by atoms with van der Waals surface area (Å²) in [6.07, 6.45) is 0. The van der Waals surface area contributed by atoms with Crippen molar-refractivity contribution in [2.24, 2.45) is 0 Å². The highest BCUT2D eigenvalue weighted by atomic mass is 127. The van der Waals surface area contributed by atoms with E-state index in [1.54, 1.807) is 16.8 Å². The number of nitro benzene ring substituents is 1. The molecule has 21 heavy (non-hydrogen) atoms. The fourth-order valence-electron chi connectivity index (χ4n) is 1.86. The minimum absolute atomic E-state index is 0.0714. The van der Waals surface area contributed by atoms with Gasteiger partial charge in [0.05, 0.1) is 10.4 Å². The van der Waals surface area contributed by atoms with Gasteiger partial charge in [-0.05, 0) is 34.7 Å². The van der Waals surface area contributed by atoms with Crippen molar-refractivity contribution in [1.29, 1.82) is 0 Å². The van der Waals surface area contributed by atoms with Gasteiger partial charge in [-0.2, -0.15) is 5.10 Å². The van der Waals surface area contributed by atoms with E-state index in [0.717, 1.165) is 20.6 Å². The second-order valence-electron chi connectivity index (χ2n) is 6.10. The lowest BCUT2D eigenvalue weighted by Crippen LogP contribution is -2.22. The van der Waals surface area contributed by atoms with E-state index in [1.807, 2.05) is 0 Å². The first-order valence-electron chi connectivity index (χ1n) is 6.66. The Morgan fingerprint density at radius 1 is 1.43 bits per heavy atom. The Morgan fingerprint density at radius 2 is 2.14 bits per heavy atom. The van der Waals surface area contributed by atoms with Crippen molar-refractivity contribution in [2.75, 3.05) is 6.61 Å². The largest absolute Gasteiger partial charge is 0.360 e. The Labute approximate surface area is 137 Å². The predicted molar refractivity (Wildman–Crippen MR) is 93.2 cm³/mol. The number of ether oxygens (including phenoxy) is 1. The molecule has 0 saturated heterocycles.